The van der Waals surface area contributed by atoms with Crippen molar-refractivity contribution in [2.45, 2.75) is 59.8 Å². The van der Waals surface area contributed by atoms with Gasteiger partial charge < -0.3 is 9.47 Å². The average molecular weight is 218 g/mol. The molecule has 0 bridgehead atoms. The van der Waals surface area contributed by atoms with Crippen LogP contribution in [0.4, 0.5) is 0 Å². The van der Waals surface area contributed by atoms with Crippen LogP contribution >= 0.6 is 0 Å². The molecule has 0 saturated carbocycles. The molecule has 2 saturated heterocycles. The summed E-state index contributed by atoms with van der Waals surface area (Å²) >= 11 is 0. The molecule has 2 heterocycles. The van der Waals surface area contributed by atoms with E-state index < -0.39 is 0 Å². The molecule has 2 nitrogen and oxygen atoms in total. The molecule has 0 aliphatic carbocycles. The summed E-state index contributed by atoms with van der Waals surface area (Å²) in [7, 11) is 0. The maximum absolute atomic E-state index is 5.07. The predicted molar refractivity (Wildman–Crippen MR) is 67.4 cm³/mol. The van der Waals surface area contributed by atoms with Gasteiger partial charge >= 0.3 is 0 Å². The Morgan fingerprint density at radius 3 is 0.867 bits per heavy atom. The fourth-order valence-corrected chi connectivity index (χ4v) is 1.20. The molecular weight excluding hydrogens is 188 g/mol. The fraction of sp³-hybridized carbons (Fsp3) is 1.00. The van der Waals surface area contributed by atoms with Gasteiger partial charge in [0.05, 0.1) is 0 Å². The molecule has 0 atom stereocenters. The molecule has 0 aromatic rings. The molecule has 0 amide bonds. The van der Waals surface area contributed by atoms with E-state index in [0.29, 0.717) is 0 Å². The Balaban J connectivity index is 0. The first-order valence-corrected chi connectivity index (χ1v) is 6.65. The second-order valence-electron chi connectivity index (χ2n) is 2.99. The summed E-state index contributed by atoms with van der Waals surface area (Å²) in [6.07, 6.45) is 6.49. The highest BCUT2D eigenvalue weighted by molar-refractivity contribution is 4.45. The zero-order valence-corrected chi connectivity index (χ0v) is 11.2. The number of hydrogen-bond acceptors (Lipinski definition) is 2. The number of ether oxygens (including phenoxy) is 2. The lowest BCUT2D eigenvalue weighted by atomic mass is 10.2. The molecule has 2 aliphatic rings. The van der Waals surface area contributed by atoms with Gasteiger partial charge in [0.1, 0.15) is 0 Å². The van der Waals surface area contributed by atoms with Crippen LogP contribution in [0.3, 0.4) is 0 Å². The van der Waals surface area contributed by atoms with Crippen LogP contribution in [-0.2, 0) is 9.47 Å². The van der Waals surface area contributed by atoms with E-state index in [2.05, 4.69) is 0 Å². The number of rotatable bonds is 0. The SMILES string of the molecule is C1CCOC1.C1CCOCC1.CC.CC. The molecule has 94 valence electrons. The van der Waals surface area contributed by atoms with Crippen molar-refractivity contribution in [1.29, 1.82) is 0 Å². The van der Waals surface area contributed by atoms with Crippen molar-refractivity contribution in [3.8, 4) is 0 Å². The summed E-state index contributed by atoms with van der Waals surface area (Å²) in [4.78, 5) is 0. The normalized spacial score (nSPS) is 18.4. The maximum Gasteiger partial charge on any atom is 0.0466 e. The van der Waals surface area contributed by atoms with Crippen LogP contribution < -0.4 is 0 Å². The predicted octanol–water partition coefficient (Wildman–Crippen LogP) is 4.04. The zero-order valence-electron chi connectivity index (χ0n) is 11.2. The molecule has 2 rings (SSSR count). The molecule has 2 heteroatoms. The van der Waals surface area contributed by atoms with E-state index in [1.807, 2.05) is 27.7 Å². The molecule has 0 aromatic heterocycles. The van der Waals surface area contributed by atoms with Gasteiger partial charge in [-0.15, -0.1) is 0 Å². The van der Waals surface area contributed by atoms with E-state index in [1.165, 1.54) is 32.1 Å². The molecule has 0 unspecified atom stereocenters. The Morgan fingerprint density at radius 2 is 0.733 bits per heavy atom. The molecular formula is C13H30O2. The Kier molecular flexibility index (Phi) is 22.5. The van der Waals surface area contributed by atoms with Crippen molar-refractivity contribution in [3.63, 3.8) is 0 Å². The van der Waals surface area contributed by atoms with Crippen LogP contribution in [0.25, 0.3) is 0 Å². The Morgan fingerprint density at radius 1 is 0.467 bits per heavy atom. The third kappa shape index (κ3) is 16.6. The Hall–Kier alpha value is -0.0800. The van der Waals surface area contributed by atoms with E-state index in [-0.39, 0.29) is 0 Å². The van der Waals surface area contributed by atoms with Crippen LogP contribution in [0.2, 0.25) is 0 Å². The van der Waals surface area contributed by atoms with Crippen LogP contribution in [-0.4, -0.2) is 26.4 Å². The lowest BCUT2D eigenvalue weighted by Crippen LogP contribution is -2.03. The van der Waals surface area contributed by atoms with Gasteiger partial charge in [-0.3, -0.25) is 0 Å². The van der Waals surface area contributed by atoms with Gasteiger partial charge in [0.2, 0.25) is 0 Å². The minimum atomic E-state index is 1.00. The van der Waals surface area contributed by atoms with Crippen molar-refractivity contribution in [3.05, 3.63) is 0 Å². The Labute approximate surface area is 96.4 Å². The van der Waals surface area contributed by atoms with Gasteiger partial charge in [0, 0.05) is 26.4 Å². The molecule has 2 fully saturated rings. The fourth-order valence-electron chi connectivity index (χ4n) is 1.20. The molecule has 15 heavy (non-hydrogen) atoms. The lowest BCUT2D eigenvalue weighted by Gasteiger charge is -2.08. The third-order valence-corrected chi connectivity index (χ3v) is 1.90. The molecule has 2 aliphatic heterocycles. The lowest BCUT2D eigenvalue weighted by molar-refractivity contribution is 0.0968. The van der Waals surface area contributed by atoms with Gasteiger partial charge in [0.15, 0.2) is 0 Å². The standard InChI is InChI=1S/C5H10O.C4H8O.2C2H6/c1-2-4-6-5-3-1;1-2-4-5-3-1;2*1-2/h1-5H2;1-4H2;2*1-2H3. The summed E-state index contributed by atoms with van der Waals surface area (Å²) in [6, 6.07) is 0. The van der Waals surface area contributed by atoms with Crippen LogP contribution in [0.15, 0.2) is 0 Å². The molecule has 0 spiro atoms. The van der Waals surface area contributed by atoms with Crippen molar-refractivity contribution >= 4 is 0 Å². The minimum Gasteiger partial charge on any atom is -0.381 e. The molecule has 0 N–H and O–H groups in total. The van der Waals surface area contributed by atoms with Crippen molar-refractivity contribution in [2.75, 3.05) is 26.4 Å². The average Bonchev–Trinajstić information content (AvgIpc) is 2.95. The van der Waals surface area contributed by atoms with E-state index in [1.54, 1.807) is 0 Å². The highest BCUT2D eigenvalue weighted by Crippen LogP contribution is 2.02. The van der Waals surface area contributed by atoms with Crippen molar-refractivity contribution < 1.29 is 9.47 Å². The second-order valence-corrected chi connectivity index (χ2v) is 2.99. The van der Waals surface area contributed by atoms with Gasteiger partial charge in [-0.25, -0.2) is 0 Å². The topological polar surface area (TPSA) is 18.5 Å². The van der Waals surface area contributed by atoms with Crippen LogP contribution in [0, 0.1) is 0 Å². The quantitative estimate of drug-likeness (QED) is 0.611. The highest BCUT2D eigenvalue weighted by atomic mass is 16.5. The molecule has 0 radical (unpaired) electrons. The first kappa shape index (κ1) is 17.3. The van der Waals surface area contributed by atoms with Gasteiger partial charge in [-0.1, -0.05) is 27.7 Å². The van der Waals surface area contributed by atoms with Crippen molar-refractivity contribution in [1.82, 2.24) is 0 Å². The van der Waals surface area contributed by atoms with Crippen LogP contribution in [0.5, 0.6) is 0 Å². The first-order valence-electron chi connectivity index (χ1n) is 6.65. The van der Waals surface area contributed by atoms with Crippen LogP contribution in [0.1, 0.15) is 59.8 Å². The summed E-state index contributed by atoms with van der Waals surface area (Å²) in [6.45, 7) is 12.0. The highest BCUT2D eigenvalue weighted by Gasteiger charge is 1.95. The Bertz CT molecular complexity index is 57.5. The first-order chi connectivity index (χ1) is 7.50. The third-order valence-electron chi connectivity index (χ3n) is 1.90. The maximum atomic E-state index is 5.07. The van der Waals surface area contributed by atoms with Gasteiger partial charge in [0.25, 0.3) is 0 Å². The van der Waals surface area contributed by atoms with Gasteiger partial charge in [-0.2, -0.15) is 0 Å². The summed E-state index contributed by atoms with van der Waals surface area (Å²) in [5.74, 6) is 0. The van der Waals surface area contributed by atoms with Gasteiger partial charge in [-0.05, 0) is 32.1 Å². The van der Waals surface area contributed by atoms with E-state index in [0.717, 1.165) is 26.4 Å². The summed E-state index contributed by atoms with van der Waals surface area (Å²) < 4.78 is 10.0. The smallest absolute Gasteiger partial charge is 0.0466 e. The van der Waals surface area contributed by atoms with E-state index in [4.69, 9.17) is 9.47 Å². The zero-order chi connectivity index (χ0) is 11.8. The monoisotopic (exact) mass is 218 g/mol. The second kappa shape index (κ2) is 19.5. The van der Waals surface area contributed by atoms with E-state index >= 15 is 0 Å². The number of hydrogen-bond donors (Lipinski definition) is 0. The largest absolute Gasteiger partial charge is 0.381 e. The van der Waals surface area contributed by atoms with Crippen molar-refractivity contribution in [2.24, 2.45) is 0 Å². The minimum absolute atomic E-state index is 1.00. The summed E-state index contributed by atoms with van der Waals surface area (Å²) in [5.41, 5.74) is 0. The van der Waals surface area contributed by atoms with E-state index in [9.17, 15) is 0 Å². The summed E-state index contributed by atoms with van der Waals surface area (Å²) in [5, 5.41) is 0. The molecule has 0 aromatic carbocycles.